The molecule has 1 aromatic heterocycles. The van der Waals surface area contributed by atoms with Gasteiger partial charge in [0.2, 0.25) is 5.91 Å². The zero-order valence-electron chi connectivity index (χ0n) is 11.9. The molecule has 1 aromatic carbocycles. The van der Waals surface area contributed by atoms with Crippen LogP contribution in [0.1, 0.15) is 11.1 Å². The van der Waals surface area contributed by atoms with E-state index in [2.05, 4.69) is 10.3 Å². The van der Waals surface area contributed by atoms with Crippen molar-refractivity contribution in [3.8, 4) is 0 Å². The van der Waals surface area contributed by atoms with Gasteiger partial charge in [-0.1, -0.05) is 24.3 Å². The van der Waals surface area contributed by atoms with Gasteiger partial charge in [0.1, 0.15) is 6.04 Å². The van der Waals surface area contributed by atoms with Crippen LogP contribution < -0.4 is 11.1 Å². The monoisotopic (exact) mass is 299 g/mol. The molecule has 1 heterocycles. The number of carboxylic acid groups (broad SMARTS) is 1. The average molecular weight is 299 g/mol. The van der Waals surface area contributed by atoms with Crippen LogP contribution in [0.2, 0.25) is 0 Å². The largest absolute Gasteiger partial charge is 0.480 e. The van der Waals surface area contributed by atoms with Crippen molar-refractivity contribution < 1.29 is 14.7 Å². The first-order valence-corrected chi connectivity index (χ1v) is 6.80. The number of pyridine rings is 1. The molecule has 4 N–H and O–H groups in total. The zero-order chi connectivity index (χ0) is 15.9. The van der Waals surface area contributed by atoms with Gasteiger partial charge in [0.25, 0.3) is 0 Å². The minimum Gasteiger partial charge on any atom is -0.480 e. The second kappa shape index (κ2) is 7.33. The van der Waals surface area contributed by atoms with Gasteiger partial charge in [0, 0.05) is 6.20 Å². The van der Waals surface area contributed by atoms with Crippen molar-refractivity contribution in [1.82, 2.24) is 4.98 Å². The van der Waals surface area contributed by atoms with E-state index in [0.29, 0.717) is 5.69 Å². The van der Waals surface area contributed by atoms with Crippen molar-refractivity contribution in [1.29, 1.82) is 0 Å². The lowest BCUT2D eigenvalue weighted by molar-refractivity contribution is -0.138. The Kier molecular flexibility index (Phi) is 5.21. The predicted molar refractivity (Wildman–Crippen MR) is 82.3 cm³/mol. The number of benzene rings is 1. The van der Waals surface area contributed by atoms with Crippen LogP contribution in [0, 0.1) is 0 Å². The summed E-state index contributed by atoms with van der Waals surface area (Å²) in [5.74, 6) is -1.16. The SMILES string of the molecule is N[C@@H](Cc1ccc(CC(=O)Nc2cccnc2)cc1)C(=O)O. The van der Waals surface area contributed by atoms with Gasteiger partial charge < -0.3 is 16.2 Å². The number of nitrogens with two attached hydrogens (primary N) is 1. The third kappa shape index (κ3) is 4.68. The van der Waals surface area contributed by atoms with Gasteiger partial charge in [-0.05, 0) is 29.7 Å². The zero-order valence-corrected chi connectivity index (χ0v) is 11.9. The first-order chi connectivity index (χ1) is 10.5. The van der Waals surface area contributed by atoms with Gasteiger partial charge in [0.05, 0.1) is 18.3 Å². The molecule has 6 heteroatoms. The molecule has 2 rings (SSSR count). The van der Waals surface area contributed by atoms with Crippen molar-refractivity contribution in [2.45, 2.75) is 18.9 Å². The molecular weight excluding hydrogens is 282 g/mol. The highest BCUT2D eigenvalue weighted by Gasteiger charge is 2.12. The lowest BCUT2D eigenvalue weighted by atomic mass is 10.0. The Morgan fingerprint density at radius 1 is 1.18 bits per heavy atom. The second-order valence-corrected chi connectivity index (χ2v) is 4.93. The molecule has 0 radical (unpaired) electrons. The van der Waals surface area contributed by atoms with Crippen molar-refractivity contribution in [3.05, 3.63) is 59.9 Å². The van der Waals surface area contributed by atoms with Crippen molar-refractivity contribution in [3.63, 3.8) is 0 Å². The Hall–Kier alpha value is -2.73. The third-order valence-corrected chi connectivity index (χ3v) is 3.11. The summed E-state index contributed by atoms with van der Waals surface area (Å²) in [6.07, 6.45) is 3.71. The molecule has 0 aliphatic heterocycles. The molecule has 0 aliphatic carbocycles. The van der Waals surface area contributed by atoms with Crippen LogP contribution >= 0.6 is 0 Å². The van der Waals surface area contributed by atoms with Crippen LogP contribution in [-0.4, -0.2) is 28.0 Å². The number of rotatable bonds is 6. The molecule has 0 aliphatic rings. The quantitative estimate of drug-likeness (QED) is 0.743. The number of aliphatic carboxylic acids is 1. The van der Waals surface area contributed by atoms with Gasteiger partial charge in [-0.15, -0.1) is 0 Å². The van der Waals surface area contributed by atoms with Gasteiger partial charge >= 0.3 is 5.97 Å². The van der Waals surface area contributed by atoms with Crippen LogP contribution in [0.5, 0.6) is 0 Å². The Morgan fingerprint density at radius 2 is 1.86 bits per heavy atom. The molecule has 2 aromatic rings. The van der Waals surface area contributed by atoms with E-state index in [-0.39, 0.29) is 18.7 Å². The minimum atomic E-state index is -1.03. The minimum absolute atomic E-state index is 0.136. The summed E-state index contributed by atoms with van der Waals surface area (Å²) in [5, 5.41) is 11.5. The molecule has 0 spiro atoms. The fraction of sp³-hybridized carbons (Fsp3) is 0.188. The van der Waals surface area contributed by atoms with Gasteiger partial charge in [-0.25, -0.2) is 0 Å². The maximum Gasteiger partial charge on any atom is 0.320 e. The van der Waals surface area contributed by atoms with E-state index in [0.717, 1.165) is 11.1 Å². The molecular formula is C16H17N3O3. The summed E-state index contributed by atoms with van der Waals surface area (Å²) in [5.41, 5.74) is 7.80. The first kappa shape index (κ1) is 15.7. The number of aromatic nitrogens is 1. The number of amides is 1. The number of hydrogen-bond acceptors (Lipinski definition) is 4. The molecule has 6 nitrogen and oxygen atoms in total. The molecule has 1 atom stereocenters. The summed E-state index contributed by atoms with van der Waals surface area (Å²) >= 11 is 0. The maximum absolute atomic E-state index is 11.9. The second-order valence-electron chi connectivity index (χ2n) is 4.93. The molecule has 114 valence electrons. The molecule has 0 saturated carbocycles. The first-order valence-electron chi connectivity index (χ1n) is 6.80. The number of nitrogens with zero attached hydrogens (tertiary/aromatic N) is 1. The van der Waals surface area contributed by atoms with Crippen LogP contribution in [0.25, 0.3) is 0 Å². The Morgan fingerprint density at radius 3 is 2.45 bits per heavy atom. The van der Waals surface area contributed by atoms with E-state index in [1.807, 2.05) is 0 Å². The highest BCUT2D eigenvalue weighted by molar-refractivity contribution is 5.92. The topological polar surface area (TPSA) is 105 Å². The number of hydrogen-bond donors (Lipinski definition) is 3. The number of carbonyl (C=O) groups is 2. The highest BCUT2D eigenvalue weighted by atomic mass is 16.4. The van der Waals surface area contributed by atoms with Crippen molar-refractivity contribution in [2.24, 2.45) is 5.73 Å². The standard InChI is InChI=1S/C16H17N3O3/c17-14(16(21)22)8-11-3-5-12(6-4-11)9-15(20)19-13-2-1-7-18-10-13/h1-7,10,14H,8-9,17H2,(H,19,20)(H,21,22)/t14-/m0/s1. The van der Waals surface area contributed by atoms with Crippen LogP contribution in [0.3, 0.4) is 0 Å². The molecule has 22 heavy (non-hydrogen) atoms. The predicted octanol–water partition coefficient (Wildman–Crippen LogP) is 1.22. The molecule has 0 unspecified atom stereocenters. The van der Waals surface area contributed by atoms with E-state index in [9.17, 15) is 9.59 Å². The summed E-state index contributed by atoms with van der Waals surface area (Å²) in [6, 6.07) is 9.77. The molecule has 0 bridgehead atoms. The van der Waals surface area contributed by atoms with Gasteiger partial charge in [-0.3, -0.25) is 14.6 Å². The Bertz CT molecular complexity index is 641. The summed E-state index contributed by atoms with van der Waals surface area (Å²) < 4.78 is 0. The summed E-state index contributed by atoms with van der Waals surface area (Å²) in [4.78, 5) is 26.5. The van der Waals surface area contributed by atoms with Gasteiger partial charge in [-0.2, -0.15) is 0 Å². The Balaban J connectivity index is 1.91. The number of carboxylic acids is 1. The smallest absolute Gasteiger partial charge is 0.320 e. The fourth-order valence-electron chi connectivity index (χ4n) is 1.96. The van der Waals surface area contributed by atoms with E-state index >= 15 is 0 Å². The van der Waals surface area contributed by atoms with Crippen molar-refractivity contribution >= 4 is 17.6 Å². The molecule has 0 fully saturated rings. The molecule has 0 saturated heterocycles. The van der Waals surface area contributed by atoms with E-state index in [1.165, 1.54) is 0 Å². The third-order valence-electron chi connectivity index (χ3n) is 3.11. The average Bonchev–Trinajstić information content (AvgIpc) is 2.50. The summed E-state index contributed by atoms with van der Waals surface area (Å²) in [6.45, 7) is 0. The number of nitrogens with one attached hydrogen (secondary N) is 1. The van der Waals surface area contributed by atoms with Gasteiger partial charge in [0.15, 0.2) is 0 Å². The van der Waals surface area contributed by atoms with E-state index < -0.39 is 12.0 Å². The molecule has 1 amide bonds. The number of anilines is 1. The maximum atomic E-state index is 11.9. The van der Waals surface area contributed by atoms with E-state index in [1.54, 1.807) is 48.8 Å². The fourth-order valence-corrected chi connectivity index (χ4v) is 1.96. The Labute approximate surface area is 128 Å². The number of carbonyl (C=O) groups excluding carboxylic acids is 1. The lowest BCUT2D eigenvalue weighted by Gasteiger charge is -2.08. The lowest BCUT2D eigenvalue weighted by Crippen LogP contribution is -2.32. The normalized spacial score (nSPS) is 11.7. The van der Waals surface area contributed by atoms with Crippen LogP contribution in [0.15, 0.2) is 48.8 Å². The highest BCUT2D eigenvalue weighted by Crippen LogP contribution is 2.09. The van der Waals surface area contributed by atoms with Crippen LogP contribution in [0.4, 0.5) is 5.69 Å². The van der Waals surface area contributed by atoms with Crippen LogP contribution in [-0.2, 0) is 22.4 Å². The summed E-state index contributed by atoms with van der Waals surface area (Å²) in [7, 11) is 0. The van der Waals surface area contributed by atoms with Crippen molar-refractivity contribution in [2.75, 3.05) is 5.32 Å². The van der Waals surface area contributed by atoms with E-state index in [4.69, 9.17) is 10.8 Å².